The van der Waals surface area contributed by atoms with Gasteiger partial charge in [0, 0.05) is 33.8 Å². The summed E-state index contributed by atoms with van der Waals surface area (Å²) in [6.45, 7) is 11.9. The Kier molecular flexibility index (Phi) is 13.9. The van der Waals surface area contributed by atoms with E-state index in [0.29, 0.717) is 5.41 Å². The summed E-state index contributed by atoms with van der Waals surface area (Å²) >= 11 is 0. The van der Waals surface area contributed by atoms with Crippen molar-refractivity contribution in [2.45, 2.75) is 104 Å². The van der Waals surface area contributed by atoms with Crippen LogP contribution in [0.15, 0.2) is 6.20 Å². The van der Waals surface area contributed by atoms with Gasteiger partial charge in [-0.3, -0.25) is 4.68 Å². The van der Waals surface area contributed by atoms with Gasteiger partial charge in [-0.25, -0.2) is 0 Å². The molecule has 1 aromatic rings. The molecule has 0 amide bonds. The third-order valence-electron chi connectivity index (χ3n) is 4.33. The Morgan fingerprint density at radius 2 is 1.54 bits per heavy atom. The van der Waals surface area contributed by atoms with Crippen molar-refractivity contribution in [3.8, 4) is 0 Å². The van der Waals surface area contributed by atoms with Crippen molar-refractivity contribution in [1.82, 2.24) is 15.0 Å². The van der Waals surface area contributed by atoms with Gasteiger partial charge in [-0.15, -0.1) is 5.10 Å². The Bertz CT molecular complexity index is 396. The minimum absolute atomic E-state index is 0. The zero-order chi connectivity index (χ0) is 17.0. The Hall–Kier alpha value is -0.172. The quantitative estimate of drug-likeness (QED) is 0.244. The molecular formula is C20H38N3W-. The largest absolute Gasteiger partial charge is 0.343 e. The SMILES string of the molecule is [CH2-]CCCCCCc1cn(CCCCCCCC(C)(C)C)nn1.[W]. The third kappa shape index (κ3) is 13.2. The molecule has 0 aliphatic carbocycles. The molecule has 1 rings (SSSR count). The van der Waals surface area contributed by atoms with E-state index in [1.54, 1.807) is 0 Å². The van der Waals surface area contributed by atoms with Crippen LogP contribution in [0.4, 0.5) is 0 Å². The second kappa shape index (κ2) is 14.0. The maximum absolute atomic E-state index is 4.29. The molecular weight excluding hydrogens is 466 g/mol. The molecule has 140 valence electrons. The second-order valence-electron chi connectivity index (χ2n) is 8.07. The molecule has 0 N–H and O–H groups in total. The van der Waals surface area contributed by atoms with Gasteiger partial charge in [-0.05, 0) is 31.1 Å². The van der Waals surface area contributed by atoms with Crippen molar-refractivity contribution >= 4 is 0 Å². The monoisotopic (exact) mass is 504 g/mol. The molecule has 1 aromatic heterocycles. The number of hydrogen-bond donors (Lipinski definition) is 0. The van der Waals surface area contributed by atoms with Crippen LogP contribution in [0.25, 0.3) is 0 Å². The van der Waals surface area contributed by atoms with Gasteiger partial charge < -0.3 is 6.92 Å². The number of aryl methyl sites for hydroxylation is 2. The zero-order valence-corrected chi connectivity index (χ0v) is 19.2. The molecule has 0 aromatic carbocycles. The van der Waals surface area contributed by atoms with Crippen LogP contribution in [0.5, 0.6) is 0 Å². The molecule has 4 heteroatoms. The van der Waals surface area contributed by atoms with E-state index in [1.165, 1.54) is 64.2 Å². The minimum atomic E-state index is 0. The van der Waals surface area contributed by atoms with Gasteiger partial charge >= 0.3 is 0 Å². The molecule has 0 aliphatic heterocycles. The van der Waals surface area contributed by atoms with Gasteiger partial charge in [0.05, 0.1) is 5.69 Å². The first kappa shape index (κ1) is 23.8. The van der Waals surface area contributed by atoms with Crippen LogP contribution in [-0.4, -0.2) is 15.0 Å². The van der Waals surface area contributed by atoms with Crippen LogP contribution < -0.4 is 0 Å². The van der Waals surface area contributed by atoms with Gasteiger partial charge in [0.2, 0.25) is 0 Å². The standard InChI is InChI=1S/C20H38N3.W/c1-5-6-7-9-12-15-19-18-23(22-21-19)17-14-11-8-10-13-16-20(2,3)4;/h18H,1,5-17H2,2-4H3;/q-1;. The van der Waals surface area contributed by atoms with Gasteiger partial charge in [0.1, 0.15) is 0 Å². The van der Waals surface area contributed by atoms with Crippen LogP contribution in [0.2, 0.25) is 0 Å². The number of rotatable bonds is 13. The number of hydrogen-bond acceptors (Lipinski definition) is 2. The maximum Gasteiger partial charge on any atom is 0.0827 e. The fourth-order valence-electron chi connectivity index (χ4n) is 2.86. The van der Waals surface area contributed by atoms with Crippen LogP contribution in [0.1, 0.15) is 97.1 Å². The molecule has 0 saturated heterocycles. The first-order valence-corrected chi connectivity index (χ1v) is 9.69. The molecule has 1 heterocycles. The molecule has 0 fully saturated rings. The van der Waals surface area contributed by atoms with Crippen molar-refractivity contribution < 1.29 is 21.1 Å². The Labute approximate surface area is 164 Å². The van der Waals surface area contributed by atoms with Crippen LogP contribution in [-0.2, 0) is 34.0 Å². The molecule has 0 radical (unpaired) electrons. The predicted octanol–water partition coefficient (Wildman–Crippen LogP) is 5.99. The van der Waals surface area contributed by atoms with Gasteiger partial charge in [-0.1, -0.05) is 70.9 Å². The van der Waals surface area contributed by atoms with Crippen LogP contribution in [0.3, 0.4) is 0 Å². The van der Waals surface area contributed by atoms with E-state index in [4.69, 9.17) is 0 Å². The first-order chi connectivity index (χ1) is 11.0. The maximum atomic E-state index is 4.29. The topological polar surface area (TPSA) is 30.7 Å². The van der Waals surface area contributed by atoms with Crippen molar-refractivity contribution in [2.24, 2.45) is 5.41 Å². The smallest absolute Gasteiger partial charge is 0.0827 e. The summed E-state index contributed by atoms with van der Waals surface area (Å²) in [6, 6.07) is 0. The number of unbranched alkanes of at least 4 members (excludes halogenated alkanes) is 8. The van der Waals surface area contributed by atoms with E-state index in [0.717, 1.165) is 25.1 Å². The van der Waals surface area contributed by atoms with E-state index >= 15 is 0 Å². The van der Waals surface area contributed by atoms with Crippen molar-refractivity contribution in [3.05, 3.63) is 18.8 Å². The van der Waals surface area contributed by atoms with Crippen molar-refractivity contribution in [1.29, 1.82) is 0 Å². The van der Waals surface area contributed by atoms with E-state index in [-0.39, 0.29) is 21.1 Å². The summed E-state index contributed by atoms with van der Waals surface area (Å²) in [5.74, 6) is 0. The van der Waals surface area contributed by atoms with Crippen LogP contribution in [0, 0.1) is 12.3 Å². The van der Waals surface area contributed by atoms with Crippen LogP contribution >= 0.6 is 0 Å². The number of aromatic nitrogens is 3. The first-order valence-electron chi connectivity index (χ1n) is 9.69. The Balaban J connectivity index is 0.00000529. The van der Waals surface area contributed by atoms with Gasteiger partial charge in [-0.2, -0.15) is 6.42 Å². The van der Waals surface area contributed by atoms with Gasteiger partial charge in [0.15, 0.2) is 0 Å². The Morgan fingerprint density at radius 3 is 2.25 bits per heavy atom. The normalized spacial score (nSPS) is 11.5. The molecule has 0 spiro atoms. The summed E-state index contributed by atoms with van der Waals surface area (Å²) in [5.41, 5.74) is 1.65. The molecule has 0 atom stereocenters. The predicted molar refractivity (Wildman–Crippen MR) is 99.3 cm³/mol. The summed E-state index contributed by atoms with van der Waals surface area (Å²) in [7, 11) is 0. The average molecular weight is 504 g/mol. The van der Waals surface area contributed by atoms with Crippen molar-refractivity contribution in [3.63, 3.8) is 0 Å². The summed E-state index contributed by atoms with van der Waals surface area (Å²) in [5, 5.41) is 8.54. The second-order valence-corrected chi connectivity index (χ2v) is 8.07. The molecule has 0 unspecified atom stereocenters. The number of nitrogens with zero attached hydrogens (tertiary/aromatic N) is 3. The molecule has 0 aliphatic rings. The molecule has 0 bridgehead atoms. The zero-order valence-electron chi connectivity index (χ0n) is 16.2. The fourth-order valence-corrected chi connectivity index (χ4v) is 2.86. The van der Waals surface area contributed by atoms with Gasteiger partial charge in [0.25, 0.3) is 0 Å². The molecule has 3 nitrogen and oxygen atoms in total. The molecule has 0 saturated carbocycles. The van der Waals surface area contributed by atoms with E-state index in [2.05, 4.69) is 44.2 Å². The fraction of sp³-hybridized carbons (Fsp3) is 0.850. The average Bonchev–Trinajstić information content (AvgIpc) is 2.93. The summed E-state index contributed by atoms with van der Waals surface area (Å²) < 4.78 is 2.03. The Morgan fingerprint density at radius 1 is 0.917 bits per heavy atom. The summed E-state index contributed by atoms with van der Waals surface area (Å²) in [6.07, 6.45) is 17.3. The van der Waals surface area contributed by atoms with E-state index in [1.807, 2.05) is 4.68 Å². The minimum Gasteiger partial charge on any atom is -0.343 e. The van der Waals surface area contributed by atoms with E-state index < -0.39 is 0 Å². The van der Waals surface area contributed by atoms with E-state index in [9.17, 15) is 0 Å². The third-order valence-corrected chi connectivity index (χ3v) is 4.33. The summed E-state index contributed by atoms with van der Waals surface area (Å²) in [4.78, 5) is 0. The van der Waals surface area contributed by atoms with Crippen molar-refractivity contribution in [2.75, 3.05) is 0 Å². The molecule has 24 heavy (non-hydrogen) atoms.